The fourth-order valence-corrected chi connectivity index (χ4v) is 1.59. The van der Waals surface area contributed by atoms with Crippen LogP contribution in [0.1, 0.15) is 17.0 Å². The van der Waals surface area contributed by atoms with E-state index in [9.17, 15) is 4.79 Å². The van der Waals surface area contributed by atoms with E-state index in [1.807, 2.05) is 6.92 Å². The molecular weight excluding hydrogens is 170 g/mol. The molecule has 0 aromatic carbocycles. The second kappa shape index (κ2) is 2.76. The number of carbonyl (C=O) groups is 1. The normalized spacial score (nSPS) is 15.6. The molecule has 1 aromatic heterocycles. The number of aromatic amines is 1. The first-order valence-corrected chi connectivity index (χ1v) is 4.19. The quantitative estimate of drug-likeness (QED) is 0.620. The van der Waals surface area contributed by atoms with E-state index < -0.39 is 6.09 Å². The molecule has 2 N–H and O–H groups in total. The number of fused-ring (bicyclic) bond motifs is 1. The minimum atomic E-state index is -0.855. The van der Waals surface area contributed by atoms with Gasteiger partial charge in [0.05, 0.1) is 12.2 Å². The number of rotatable bonds is 0. The third kappa shape index (κ3) is 1.26. The van der Waals surface area contributed by atoms with E-state index in [1.165, 1.54) is 4.90 Å². The lowest BCUT2D eigenvalue weighted by Crippen LogP contribution is -2.34. The van der Waals surface area contributed by atoms with E-state index in [0.717, 1.165) is 17.0 Å². The first-order valence-electron chi connectivity index (χ1n) is 4.19. The van der Waals surface area contributed by atoms with Gasteiger partial charge in [-0.05, 0) is 6.92 Å². The molecule has 0 atom stereocenters. The van der Waals surface area contributed by atoms with Gasteiger partial charge in [0.2, 0.25) is 0 Å². The van der Waals surface area contributed by atoms with Gasteiger partial charge in [-0.25, -0.2) is 4.79 Å². The topological polar surface area (TPSA) is 69.2 Å². The van der Waals surface area contributed by atoms with Crippen molar-refractivity contribution >= 4 is 6.09 Å². The zero-order valence-corrected chi connectivity index (χ0v) is 7.37. The third-order valence-corrected chi connectivity index (χ3v) is 2.40. The van der Waals surface area contributed by atoms with Crippen molar-refractivity contribution in [2.24, 2.45) is 0 Å². The van der Waals surface area contributed by atoms with Crippen LogP contribution in [-0.2, 0) is 13.0 Å². The molecule has 1 aliphatic heterocycles. The summed E-state index contributed by atoms with van der Waals surface area (Å²) in [6, 6.07) is 0. The van der Waals surface area contributed by atoms with Crippen molar-refractivity contribution in [2.75, 3.05) is 6.54 Å². The Balaban J connectivity index is 2.27. The van der Waals surface area contributed by atoms with Crippen molar-refractivity contribution in [3.05, 3.63) is 17.0 Å². The van der Waals surface area contributed by atoms with Gasteiger partial charge in [-0.1, -0.05) is 0 Å². The van der Waals surface area contributed by atoms with Gasteiger partial charge < -0.3 is 10.0 Å². The summed E-state index contributed by atoms with van der Waals surface area (Å²) in [7, 11) is 0. The lowest BCUT2D eigenvalue weighted by atomic mass is 10.1. The summed E-state index contributed by atoms with van der Waals surface area (Å²) in [5.74, 6) is 0. The van der Waals surface area contributed by atoms with E-state index >= 15 is 0 Å². The van der Waals surface area contributed by atoms with Crippen molar-refractivity contribution in [1.29, 1.82) is 0 Å². The first kappa shape index (κ1) is 8.10. The van der Waals surface area contributed by atoms with Crippen molar-refractivity contribution in [2.45, 2.75) is 19.9 Å². The molecular formula is C8H11N3O2. The largest absolute Gasteiger partial charge is 0.465 e. The van der Waals surface area contributed by atoms with Gasteiger partial charge in [-0.15, -0.1) is 0 Å². The van der Waals surface area contributed by atoms with E-state index in [1.54, 1.807) is 0 Å². The van der Waals surface area contributed by atoms with Gasteiger partial charge in [-0.3, -0.25) is 5.10 Å². The molecule has 13 heavy (non-hydrogen) atoms. The Morgan fingerprint density at radius 1 is 1.69 bits per heavy atom. The number of hydrogen-bond donors (Lipinski definition) is 2. The molecule has 0 unspecified atom stereocenters. The van der Waals surface area contributed by atoms with Crippen LogP contribution in [0.5, 0.6) is 0 Å². The van der Waals surface area contributed by atoms with Crippen LogP contribution in [0.2, 0.25) is 0 Å². The Hall–Kier alpha value is -1.52. The van der Waals surface area contributed by atoms with Crippen LogP contribution in [0.15, 0.2) is 0 Å². The summed E-state index contributed by atoms with van der Waals surface area (Å²) in [6.07, 6.45) is -0.141. The monoisotopic (exact) mass is 181 g/mol. The molecule has 1 aliphatic rings. The van der Waals surface area contributed by atoms with Crippen LogP contribution in [0, 0.1) is 6.92 Å². The Kier molecular flexibility index (Phi) is 1.72. The smallest absolute Gasteiger partial charge is 0.407 e. The van der Waals surface area contributed by atoms with Gasteiger partial charge in [0.15, 0.2) is 0 Å². The Labute approximate surface area is 75.4 Å². The summed E-state index contributed by atoms with van der Waals surface area (Å²) >= 11 is 0. The average molecular weight is 181 g/mol. The Morgan fingerprint density at radius 3 is 3.15 bits per heavy atom. The molecule has 0 fully saturated rings. The molecule has 0 spiro atoms. The second-order valence-electron chi connectivity index (χ2n) is 3.23. The van der Waals surface area contributed by atoms with Crippen LogP contribution >= 0.6 is 0 Å². The summed E-state index contributed by atoms with van der Waals surface area (Å²) < 4.78 is 0. The fraction of sp³-hybridized carbons (Fsp3) is 0.500. The zero-order valence-electron chi connectivity index (χ0n) is 7.37. The molecule has 5 heteroatoms. The van der Waals surface area contributed by atoms with Crippen molar-refractivity contribution < 1.29 is 9.90 Å². The van der Waals surface area contributed by atoms with E-state index in [0.29, 0.717) is 19.5 Å². The molecule has 0 bridgehead atoms. The number of carboxylic acid groups (broad SMARTS) is 1. The standard InChI is InChI=1S/C8H11N3O2/c1-5-6-4-11(8(12)13)3-2-7(6)10-9-5/h2-4H2,1H3,(H,9,10)(H,12,13). The molecule has 2 heterocycles. The SMILES string of the molecule is Cc1[nH]nc2c1CN(C(=O)O)CC2. The first-order chi connectivity index (χ1) is 6.18. The summed E-state index contributed by atoms with van der Waals surface area (Å²) in [5, 5.41) is 15.8. The van der Waals surface area contributed by atoms with Gasteiger partial charge in [0, 0.05) is 24.2 Å². The minimum Gasteiger partial charge on any atom is -0.465 e. The number of H-pyrrole nitrogens is 1. The van der Waals surface area contributed by atoms with Gasteiger partial charge >= 0.3 is 6.09 Å². The van der Waals surface area contributed by atoms with Crippen LogP contribution in [0.25, 0.3) is 0 Å². The molecule has 0 aliphatic carbocycles. The second-order valence-corrected chi connectivity index (χ2v) is 3.23. The van der Waals surface area contributed by atoms with Crippen LogP contribution in [0.4, 0.5) is 4.79 Å². The third-order valence-electron chi connectivity index (χ3n) is 2.40. The highest BCUT2D eigenvalue weighted by Crippen LogP contribution is 2.19. The predicted molar refractivity (Wildman–Crippen MR) is 45.5 cm³/mol. The van der Waals surface area contributed by atoms with E-state index in [2.05, 4.69) is 10.2 Å². The van der Waals surface area contributed by atoms with Crippen molar-refractivity contribution in [3.63, 3.8) is 0 Å². The van der Waals surface area contributed by atoms with Crippen LogP contribution < -0.4 is 0 Å². The average Bonchev–Trinajstić information content (AvgIpc) is 2.47. The molecule has 0 saturated carbocycles. The number of hydrogen-bond acceptors (Lipinski definition) is 2. The molecule has 1 aromatic rings. The number of nitrogens with zero attached hydrogens (tertiary/aromatic N) is 2. The maximum atomic E-state index is 10.7. The van der Waals surface area contributed by atoms with E-state index in [-0.39, 0.29) is 0 Å². The highest BCUT2D eigenvalue weighted by molar-refractivity contribution is 5.65. The zero-order chi connectivity index (χ0) is 9.42. The highest BCUT2D eigenvalue weighted by atomic mass is 16.4. The summed E-state index contributed by atoms with van der Waals surface area (Å²) in [6.45, 7) is 2.93. The highest BCUT2D eigenvalue weighted by Gasteiger charge is 2.23. The summed E-state index contributed by atoms with van der Waals surface area (Å²) in [4.78, 5) is 12.1. The van der Waals surface area contributed by atoms with Gasteiger partial charge in [-0.2, -0.15) is 5.10 Å². The lowest BCUT2D eigenvalue weighted by molar-refractivity contribution is 0.139. The lowest BCUT2D eigenvalue weighted by Gasteiger charge is -2.23. The molecule has 70 valence electrons. The summed E-state index contributed by atoms with van der Waals surface area (Å²) in [5.41, 5.74) is 3.02. The van der Waals surface area contributed by atoms with Gasteiger partial charge in [0.1, 0.15) is 0 Å². The molecule has 0 saturated heterocycles. The fourth-order valence-electron chi connectivity index (χ4n) is 1.59. The van der Waals surface area contributed by atoms with Gasteiger partial charge in [0.25, 0.3) is 0 Å². The minimum absolute atomic E-state index is 0.465. The van der Waals surface area contributed by atoms with E-state index in [4.69, 9.17) is 5.11 Å². The molecule has 1 amide bonds. The Morgan fingerprint density at radius 2 is 2.46 bits per heavy atom. The van der Waals surface area contributed by atoms with Crippen LogP contribution in [-0.4, -0.2) is 32.8 Å². The van der Waals surface area contributed by atoms with Crippen LogP contribution in [0.3, 0.4) is 0 Å². The predicted octanol–water partition coefficient (Wildman–Crippen LogP) is 0.754. The molecule has 5 nitrogen and oxygen atoms in total. The Bertz CT molecular complexity index is 345. The molecule has 2 rings (SSSR count). The number of amides is 1. The number of aromatic nitrogens is 2. The number of aryl methyl sites for hydroxylation is 1. The maximum absolute atomic E-state index is 10.7. The maximum Gasteiger partial charge on any atom is 0.407 e. The van der Waals surface area contributed by atoms with Crippen molar-refractivity contribution in [1.82, 2.24) is 15.1 Å². The number of nitrogens with one attached hydrogen (secondary N) is 1. The molecule has 0 radical (unpaired) electrons. The van der Waals surface area contributed by atoms with Crippen molar-refractivity contribution in [3.8, 4) is 0 Å².